The summed E-state index contributed by atoms with van der Waals surface area (Å²) in [6.45, 7) is 2.64. The van der Waals surface area contributed by atoms with Crippen LogP contribution in [-0.4, -0.2) is 35.2 Å². The van der Waals surface area contributed by atoms with Crippen LogP contribution in [0.3, 0.4) is 0 Å². The molecule has 1 saturated heterocycles. The monoisotopic (exact) mass is 261 g/mol. The molecule has 1 amide bonds. The molecule has 1 aromatic rings. The first-order valence-corrected chi connectivity index (χ1v) is 6.73. The predicted molar refractivity (Wildman–Crippen MR) is 70.6 cm³/mol. The number of benzene rings is 1. The summed E-state index contributed by atoms with van der Waals surface area (Å²) in [7, 11) is 1.63. The number of aliphatic hydroxyl groups excluding tert-OH is 1. The third-order valence-electron chi connectivity index (χ3n) is 4.54. The van der Waals surface area contributed by atoms with E-state index in [1.54, 1.807) is 7.11 Å². The summed E-state index contributed by atoms with van der Waals surface area (Å²) >= 11 is 0. The van der Waals surface area contributed by atoms with E-state index in [1.165, 1.54) is 0 Å². The molecule has 1 aliphatic carbocycles. The lowest BCUT2D eigenvalue weighted by Crippen LogP contribution is -2.44. The zero-order valence-electron chi connectivity index (χ0n) is 11.2. The second kappa shape index (κ2) is 4.53. The second-order valence-electron chi connectivity index (χ2n) is 5.57. The Bertz CT molecular complexity index is 485. The van der Waals surface area contributed by atoms with Gasteiger partial charge in [0.25, 0.3) is 0 Å². The molecule has 2 fully saturated rings. The second-order valence-corrected chi connectivity index (χ2v) is 5.57. The highest BCUT2D eigenvalue weighted by atomic mass is 16.5. The Morgan fingerprint density at radius 2 is 2.05 bits per heavy atom. The van der Waals surface area contributed by atoms with Crippen molar-refractivity contribution in [2.75, 3.05) is 7.11 Å². The fourth-order valence-corrected chi connectivity index (χ4v) is 3.49. The van der Waals surface area contributed by atoms with Crippen molar-refractivity contribution in [2.45, 2.75) is 32.0 Å². The Balaban J connectivity index is 1.77. The smallest absolute Gasteiger partial charge is 0.226 e. The van der Waals surface area contributed by atoms with Gasteiger partial charge in [0.2, 0.25) is 5.91 Å². The van der Waals surface area contributed by atoms with Crippen molar-refractivity contribution in [2.24, 2.45) is 11.8 Å². The molecule has 1 saturated carbocycles. The number of hydrogen-bond donors (Lipinski definition) is 1. The van der Waals surface area contributed by atoms with Gasteiger partial charge in [0.1, 0.15) is 5.75 Å². The van der Waals surface area contributed by atoms with E-state index in [9.17, 15) is 9.90 Å². The quantitative estimate of drug-likeness (QED) is 0.895. The van der Waals surface area contributed by atoms with E-state index in [1.807, 2.05) is 29.2 Å². The van der Waals surface area contributed by atoms with Gasteiger partial charge >= 0.3 is 0 Å². The lowest BCUT2D eigenvalue weighted by Gasteiger charge is -2.31. The van der Waals surface area contributed by atoms with E-state index in [-0.39, 0.29) is 29.9 Å². The van der Waals surface area contributed by atoms with Gasteiger partial charge in [-0.15, -0.1) is 0 Å². The first-order valence-electron chi connectivity index (χ1n) is 6.73. The standard InChI is InChI=1S/C15H19NO3/c1-9-12-7-13(17)14(9)16(15(12)18)8-10-3-5-11(19-2)6-4-10/h3-6,9,12-14,17H,7-8H2,1-2H3. The number of piperidine rings is 1. The maximum absolute atomic E-state index is 12.2. The van der Waals surface area contributed by atoms with Crippen LogP contribution in [-0.2, 0) is 11.3 Å². The number of ether oxygens (including phenoxy) is 1. The summed E-state index contributed by atoms with van der Waals surface area (Å²) in [5.41, 5.74) is 1.07. The molecule has 102 valence electrons. The molecule has 3 rings (SSSR count). The van der Waals surface area contributed by atoms with Crippen LogP contribution in [0.5, 0.6) is 5.75 Å². The zero-order chi connectivity index (χ0) is 13.6. The lowest BCUT2D eigenvalue weighted by atomic mass is 10.0. The van der Waals surface area contributed by atoms with Crippen LogP contribution in [0.25, 0.3) is 0 Å². The minimum absolute atomic E-state index is 0.0123. The number of aliphatic hydroxyl groups is 1. The van der Waals surface area contributed by atoms with Gasteiger partial charge in [0.15, 0.2) is 0 Å². The van der Waals surface area contributed by atoms with Gasteiger partial charge in [-0.2, -0.15) is 0 Å². The first kappa shape index (κ1) is 12.5. The normalized spacial score (nSPS) is 33.0. The Morgan fingerprint density at radius 1 is 1.37 bits per heavy atom. The zero-order valence-corrected chi connectivity index (χ0v) is 11.2. The van der Waals surface area contributed by atoms with Gasteiger partial charge in [-0.3, -0.25) is 4.79 Å². The topological polar surface area (TPSA) is 49.8 Å². The Labute approximate surface area is 113 Å². The molecule has 2 bridgehead atoms. The van der Waals surface area contributed by atoms with Crippen LogP contribution in [0.15, 0.2) is 24.3 Å². The van der Waals surface area contributed by atoms with Crippen molar-refractivity contribution in [3.63, 3.8) is 0 Å². The largest absolute Gasteiger partial charge is 0.497 e. The summed E-state index contributed by atoms with van der Waals surface area (Å²) in [5.74, 6) is 1.28. The molecule has 0 spiro atoms. The molecule has 4 unspecified atom stereocenters. The van der Waals surface area contributed by atoms with Gasteiger partial charge < -0.3 is 14.7 Å². The van der Waals surface area contributed by atoms with Crippen LogP contribution in [0, 0.1) is 11.8 Å². The molecule has 0 aromatic heterocycles. The van der Waals surface area contributed by atoms with E-state index in [2.05, 4.69) is 6.92 Å². The van der Waals surface area contributed by atoms with Crippen molar-refractivity contribution < 1.29 is 14.6 Å². The van der Waals surface area contributed by atoms with E-state index in [0.717, 1.165) is 11.3 Å². The van der Waals surface area contributed by atoms with Crippen LogP contribution < -0.4 is 4.74 Å². The fraction of sp³-hybridized carbons (Fsp3) is 0.533. The highest BCUT2D eigenvalue weighted by molar-refractivity contribution is 5.83. The third kappa shape index (κ3) is 1.91. The van der Waals surface area contributed by atoms with E-state index in [0.29, 0.717) is 13.0 Å². The van der Waals surface area contributed by atoms with E-state index in [4.69, 9.17) is 4.74 Å². The average molecular weight is 261 g/mol. The molecule has 0 radical (unpaired) electrons. The summed E-state index contributed by atoms with van der Waals surface area (Å²) in [5, 5.41) is 10.0. The summed E-state index contributed by atoms with van der Waals surface area (Å²) in [6, 6.07) is 7.71. The average Bonchev–Trinajstić information content (AvgIpc) is 2.82. The minimum atomic E-state index is -0.365. The maximum Gasteiger partial charge on any atom is 0.226 e. The highest BCUT2D eigenvalue weighted by Crippen LogP contribution is 2.44. The van der Waals surface area contributed by atoms with Gasteiger partial charge in [-0.05, 0) is 30.0 Å². The van der Waals surface area contributed by atoms with Crippen LogP contribution >= 0.6 is 0 Å². The van der Waals surface area contributed by atoms with Crippen LogP contribution in [0.4, 0.5) is 0 Å². The number of amides is 1. The SMILES string of the molecule is COc1ccc(CN2C(=O)C3CC(O)C2C3C)cc1. The lowest BCUT2D eigenvalue weighted by molar-refractivity contribution is -0.138. The highest BCUT2D eigenvalue weighted by Gasteiger charge is 2.54. The number of methoxy groups -OCH3 is 1. The molecule has 4 nitrogen and oxygen atoms in total. The molecule has 4 atom stereocenters. The Kier molecular flexibility index (Phi) is 2.97. The Hall–Kier alpha value is -1.55. The van der Waals surface area contributed by atoms with Crippen molar-refractivity contribution in [3.05, 3.63) is 29.8 Å². The van der Waals surface area contributed by atoms with Crippen molar-refractivity contribution in [3.8, 4) is 5.75 Å². The molecule has 1 N–H and O–H groups in total. The molecule has 4 heteroatoms. The minimum Gasteiger partial charge on any atom is -0.497 e. The van der Waals surface area contributed by atoms with Gasteiger partial charge in [-0.25, -0.2) is 0 Å². The van der Waals surface area contributed by atoms with E-state index < -0.39 is 0 Å². The Morgan fingerprint density at radius 3 is 2.63 bits per heavy atom. The molecular formula is C15H19NO3. The van der Waals surface area contributed by atoms with E-state index >= 15 is 0 Å². The number of hydrogen-bond acceptors (Lipinski definition) is 3. The van der Waals surface area contributed by atoms with Crippen LogP contribution in [0.1, 0.15) is 18.9 Å². The van der Waals surface area contributed by atoms with Gasteiger partial charge in [-0.1, -0.05) is 19.1 Å². The summed E-state index contributed by atoms with van der Waals surface area (Å²) in [6.07, 6.45) is 0.264. The first-order chi connectivity index (χ1) is 9.11. The molecule has 1 aliphatic heterocycles. The van der Waals surface area contributed by atoms with Crippen LogP contribution in [0.2, 0.25) is 0 Å². The number of carbonyl (C=O) groups is 1. The fourth-order valence-electron chi connectivity index (χ4n) is 3.49. The molecule has 1 aromatic carbocycles. The number of nitrogens with zero attached hydrogens (tertiary/aromatic N) is 1. The van der Waals surface area contributed by atoms with Crippen molar-refractivity contribution in [1.82, 2.24) is 4.90 Å². The summed E-state index contributed by atoms with van der Waals surface area (Å²) < 4.78 is 5.12. The molecular weight excluding hydrogens is 242 g/mol. The number of fused-ring (bicyclic) bond motifs is 2. The molecule has 1 heterocycles. The molecule has 19 heavy (non-hydrogen) atoms. The summed E-state index contributed by atoms with van der Waals surface area (Å²) in [4.78, 5) is 14.1. The predicted octanol–water partition coefficient (Wildman–Crippen LogP) is 1.42. The van der Waals surface area contributed by atoms with Gasteiger partial charge in [0, 0.05) is 12.5 Å². The number of rotatable bonds is 3. The number of carbonyl (C=O) groups excluding carboxylic acids is 1. The van der Waals surface area contributed by atoms with Gasteiger partial charge in [0.05, 0.1) is 19.3 Å². The molecule has 2 aliphatic rings. The maximum atomic E-state index is 12.2. The number of likely N-dealkylation sites (tertiary alicyclic amines) is 1. The third-order valence-corrected chi connectivity index (χ3v) is 4.54. The van der Waals surface area contributed by atoms with Crippen molar-refractivity contribution >= 4 is 5.91 Å². The van der Waals surface area contributed by atoms with Crippen molar-refractivity contribution in [1.29, 1.82) is 0 Å².